The Balaban J connectivity index is 1.86. The van der Waals surface area contributed by atoms with Gasteiger partial charge in [0.1, 0.15) is 0 Å². The third kappa shape index (κ3) is 4.31. The lowest BCUT2D eigenvalue weighted by Gasteiger charge is -2.03. The largest absolute Gasteiger partial charge is 0.305 e. The Hall–Kier alpha value is -2.88. The highest BCUT2D eigenvalue weighted by Gasteiger charge is 2.03. The van der Waals surface area contributed by atoms with Gasteiger partial charge in [-0.3, -0.25) is 15.0 Å². The van der Waals surface area contributed by atoms with Crippen LogP contribution in [0.5, 0.6) is 0 Å². The highest BCUT2D eigenvalue weighted by Crippen LogP contribution is 2.05. The second-order valence-corrected chi connectivity index (χ2v) is 4.53. The molecule has 0 radical (unpaired) electrons. The lowest BCUT2D eigenvalue weighted by atomic mass is 10.1. The SMILES string of the molecule is Cc1cccc(C(=O)/C=C\NNC(=O)c2ccccc2)c1. The first-order valence-electron chi connectivity index (χ1n) is 6.55. The summed E-state index contributed by atoms with van der Waals surface area (Å²) >= 11 is 0. The van der Waals surface area contributed by atoms with Gasteiger partial charge in [0.25, 0.3) is 5.91 Å². The van der Waals surface area contributed by atoms with Crippen molar-refractivity contribution in [2.75, 3.05) is 0 Å². The first-order chi connectivity index (χ1) is 10.2. The molecule has 0 aromatic heterocycles. The monoisotopic (exact) mass is 280 g/mol. The summed E-state index contributed by atoms with van der Waals surface area (Å²) in [5.74, 6) is -0.386. The van der Waals surface area contributed by atoms with Crippen molar-refractivity contribution in [3.63, 3.8) is 0 Å². The molecular formula is C17H16N2O2. The molecule has 0 unspecified atom stereocenters. The topological polar surface area (TPSA) is 58.2 Å². The predicted molar refractivity (Wildman–Crippen MR) is 81.7 cm³/mol. The summed E-state index contributed by atoms with van der Waals surface area (Å²) in [6.07, 6.45) is 2.78. The van der Waals surface area contributed by atoms with Crippen molar-refractivity contribution in [1.82, 2.24) is 10.9 Å². The molecule has 2 aromatic carbocycles. The molecule has 2 N–H and O–H groups in total. The van der Waals surface area contributed by atoms with Crippen LogP contribution in [-0.4, -0.2) is 11.7 Å². The number of aryl methyl sites for hydroxylation is 1. The molecule has 0 aliphatic carbocycles. The Bertz CT molecular complexity index is 664. The fourth-order valence-corrected chi connectivity index (χ4v) is 1.78. The maximum absolute atomic E-state index is 11.9. The molecule has 0 spiro atoms. The molecule has 1 amide bonds. The Morgan fingerprint density at radius 1 is 0.952 bits per heavy atom. The zero-order valence-electron chi connectivity index (χ0n) is 11.7. The second kappa shape index (κ2) is 7.05. The zero-order chi connectivity index (χ0) is 15.1. The van der Waals surface area contributed by atoms with Crippen LogP contribution in [0.2, 0.25) is 0 Å². The highest BCUT2D eigenvalue weighted by molar-refractivity contribution is 6.04. The molecule has 106 valence electrons. The zero-order valence-corrected chi connectivity index (χ0v) is 11.7. The number of carbonyl (C=O) groups is 2. The standard InChI is InChI=1S/C17H16N2O2/c1-13-6-5-9-15(12-13)16(20)10-11-18-19-17(21)14-7-3-2-4-8-14/h2-12,18H,1H3,(H,19,21)/b11-10-. The van der Waals surface area contributed by atoms with Crippen LogP contribution in [0.1, 0.15) is 26.3 Å². The van der Waals surface area contributed by atoms with Crippen LogP contribution in [0.3, 0.4) is 0 Å². The van der Waals surface area contributed by atoms with Crippen molar-refractivity contribution < 1.29 is 9.59 Å². The fraction of sp³-hybridized carbons (Fsp3) is 0.0588. The molecule has 4 heteroatoms. The summed E-state index contributed by atoms with van der Waals surface area (Å²) in [6, 6.07) is 16.1. The summed E-state index contributed by atoms with van der Waals surface area (Å²) in [7, 11) is 0. The van der Waals surface area contributed by atoms with Crippen LogP contribution in [-0.2, 0) is 0 Å². The summed E-state index contributed by atoms with van der Waals surface area (Å²) in [5.41, 5.74) is 7.27. The van der Waals surface area contributed by atoms with E-state index in [1.807, 2.05) is 31.2 Å². The summed E-state index contributed by atoms with van der Waals surface area (Å²) < 4.78 is 0. The minimum atomic E-state index is -0.261. The van der Waals surface area contributed by atoms with Gasteiger partial charge in [0.2, 0.25) is 0 Å². The number of hydrazine groups is 1. The van der Waals surface area contributed by atoms with Gasteiger partial charge in [-0.05, 0) is 25.1 Å². The lowest BCUT2D eigenvalue weighted by Crippen LogP contribution is -2.33. The Morgan fingerprint density at radius 2 is 1.67 bits per heavy atom. The molecule has 2 rings (SSSR count). The molecule has 0 atom stereocenters. The highest BCUT2D eigenvalue weighted by atomic mass is 16.2. The molecule has 0 saturated heterocycles. The van der Waals surface area contributed by atoms with Crippen LogP contribution in [0.25, 0.3) is 0 Å². The molecule has 0 bridgehead atoms. The van der Waals surface area contributed by atoms with E-state index in [9.17, 15) is 9.59 Å². The number of amides is 1. The number of carbonyl (C=O) groups excluding carboxylic acids is 2. The van der Waals surface area contributed by atoms with E-state index in [-0.39, 0.29) is 11.7 Å². The average molecular weight is 280 g/mol. The van der Waals surface area contributed by atoms with E-state index in [1.54, 1.807) is 30.3 Å². The minimum absolute atomic E-state index is 0.125. The van der Waals surface area contributed by atoms with Crippen LogP contribution in [0, 0.1) is 6.92 Å². The van der Waals surface area contributed by atoms with Gasteiger partial charge < -0.3 is 5.43 Å². The van der Waals surface area contributed by atoms with Crippen LogP contribution < -0.4 is 10.9 Å². The van der Waals surface area contributed by atoms with Gasteiger partial charge in [0.05, 0.1) is 0 Å². The maximum Gasteiger partial charge on any atom is 0.269 e. The maximum atomic E-state index is 11.9. The minimum Gasteiger partial charge on any atom is -0.305 e. The normalized spacial score (nSPS) is 10.3. The smallest absolute Gasteiger partial charge is 0.269 e. The molecule has 0 fully saturated rings. The number of hydrogen-bond acceptors (Lipinski definition) is 3. The van der Waals surface area contributed by atoms with E-state index in [2.05, 4.69) is 10.9 Å². The van der Waals surface area contributed by atoms with Gasteiger partial charge in [0.15, 0.2) is 5.78 Å². The molecule has 21 heavy (non-hydrogen) atoms. The number of hydrogen-bond donors (Lipinski definition) is 2. The van der Waals surface area contributed by atoms with Crippen LogP contribution in [0.15, 0.2) is 66.9 Å². The summed E-state index contributed by atoms with van der Waals surface area (Å²) in [6.45, 7) is 1.93. The molecule has 0 aliphatic heterocycles. The van der Waals surface area contributed by atoms with E-state index < -0.39 is 0 Å². The fourth-order valence-electron chi connectivity index (χ4n) is 1.78. The van der Waals surface area contributed by atoms with Crippen molar-refractivity contribution in [3.8, 4) is 0 Å². The van der Waals surface area contributed by atoms with E-state index in [0.717, 1.165) is 5.56 Å². The number of rotatable bonds is 5. The van der Waals surface area contributed by atoms with Crippen molar-refractivity contribution >= 4 is 11.7 Å². The summed E-state index contributed by atoms with van der Waals surface area (Å²) in [5, 5.41) is 0. The first kappa shape index (κ1) is 14.5. The van der Waals surface area contributed by atoms with E-state index in [1.165, 1.54) is 12.3 Å². The van der Waals surface area contributed by atoms with Gasteiger partial charge >= 0.3 is 0 Å². The number of benzene rings is 2. The van der Waals surface area contributed by atoms with Crippen molar-refractivity contribution in [3.05, 3.63) is 83.6 Å². The van der Waals surface area contributed by atoms with Crippen molar-refractivity contribution in [1.29, 1.82) is 0 Å². The predicted octanol–water partition coefficient (Wildman–Crippen LogP) is 2.63. The van der Waals surface area contributed by atoms with Gasteiger partial charge in [0, 0.05) is 23.4 Å². The number of ketones is 1. The molecule has 0 saturated carbocycles. The first-order valence-corrected chi connectivity index (χ1v) is 6.55. The molecule has 2 aromatic rings. The Kier molecular flexibility index (Phi) is 4.88. The number of nitrogens with one attached hydrogen (secondary N) is 2. The van der Waals surface area contributed by atoms with Gasteiger partial charge in [-0.15, -0.1) is 0 Å². The molecule has 0 aliphatic rings. The Labute approximate surface area is 123 Å². The van der Waals surface area contributed by atoms with Crippen LogP contribution >= 0.6 is 0 Å². The van der Waals surface area contributed by atoms with E-state index in [4.69, 9.17) is 0 Å². The lowest BCUT2D eigenvalue weighted by molar-refractivity contribution is 0.0939. The van der Waals surface area contributed by atoms with Gasteiger partial charge in [-0.2, -0.15) is 0 Å². The van der Waals surface area contributed by atoms with E-state index >= 15 is 0 Å². The molecule has 0 heterocycles. The number of allylic oxidation sites excluding steroid dienone is 1. The van der Waals surface area contributed by atoms with Crippen molar-refractivity contribution in [2.45, 2.75) is 6.92 Å². The molecular weight excluding hydrogens is 264 g/mol. The quantitative estimate of drug-likeness (QED) is 0.503. The second-order valence-electron chi connectivity index (χ2n) is 4.53. The third-order valence-electron chi connectivity index (χ3n) is 2.84. The third-order valence-corrected chi connectivity index (χ3v) is 2.84. The van der Waals surface area contributed by atoms with E-state index in [0.29, 0.717) is 11.1 Å². The van der Waals surface area contributed by atoms with Gasteiger partial charge in [-0.1, -0.05) is 42.0 Å². The van der Waals surface area contributed by atoms with Crippen LogP contribution in [0.4, 0.5) is 0 Å². The van der Waals surface area contributed by atoms with Crippen molar-refractivity contribution in [2.24, 2.45) is 0 Å². The average Bonchev–Trinajstić information content (AvgIpc) is 2.52. The molecule has 4 nitrogen and oxygen atoms in total. The Morgan fingerprint density at radius 3 is 2.38 bits per heavy atom. The van der Waals surface area contributed by atoms with Gasteiger partial charge in [-0.25, -0.2) is 0 Å². The summed E-state index contributed by atoms with van der Waals surface area (Å²) in [4.78, 5) is 23.6.